The molecule has 2 rings (SSSR count). The second kappa shape index (κ2) is 7.81. The fourth-order valence-corrected chi connectivity index (χ4v) is 3.44. The van der Waals surface area contributed by atoms with E-state index in [1.54, 1.807) is 34.4 Å². The van der Waals surface area contributed by atoms with Crippen molar-refractivity contribution in [3.63, 3.8) is 0 Å². The van der Waals surface area contributed by atoms with E-state index >= 15 is 0 Å². The van der Waals surface area contributed by atoms with E-state index in [2.05, 4.69) is 0 Å². The lowest BCUT2D eigenvalue weighted by Crippen LogP contribution is -2.37. The van der Waals surface area contributed by atoms with Crippen molar-refractivity contribution in [1.82, 2.24) is 4.90 Å². The van der Waals surface area contributed by atoms with Crippen LogP contribution in [0, 0.1) is 0 Å². The number of rotatable bonds is 7. The van der Waals surface area contributed by atoms with Crippen LogP contribution in [0.5, 0.6) is 5.75 Å². The zero-order chi connectivity index (χ0) is 17.7. The predicted molar refractivity (Wildman–Crippen MR) is 95.6 cm³/mol. The van der Waals surface area contributed by atoms with Gasteiger partial charge < -0.3 is 9.08 Å². The lowest BCUT2D eigenvalue weighted by atomic mass is 10.1. The Labute approximate surface area is 147 Å². The molecule has 1 aromatic heterocycles. The van der Waals surface area contributed by atoms with Crippen molar-refractivity contribution < 1.29 is 17.4 Å². The molecule has 1 aromatic carbocycles. The Hall–Kier alpha value is -1.86. The minimum atomic E-state index is -3.57. The Morgan fingerprint density at radius 1 is 1.25 bits per heavy atom. The molecular weight excluding hydrogens is 346 g/mol. The smallest absolute Gasteiger partial charge is 0.306 e. The van der Waals surface area contributed by atoms with E-state index in [0.29, 0.717) is 13.0 Å². The molecule has 0 aliphatic rings. The molecule has 0 radical (unpaired) electrons. The minimum absolute atomic E-state index is 0.0388. The second-order valence-corrected chi connectivity index (χ2v) is 8.41. The Morgan fingerprint density at radius 3 is 2.58 bits per heavy atom. The van der Waals surface area contributed by atoms with Crippen molar-refractivity contribution in [2.45, 2.75) is 32.9 Å². The fourth-order valence-electron chi connectivity index (χ4n) is 2.29. The van der Waals surface area contributed by atoms with Crippen LogP contribution in [0.25, 0.3) is 0 Å². The molecule has 0 N–H and O–H groups in total. The zero-order valence-corrected chi connectivity index (χ0v) is 15.6. The Kier molecular flexibility index (Phi) is 6.01. The molecule has 0 saturated carbocycles. The monoisotopic (exact) mass is 367 g/mol. The molecule has 0 atom stereocenters. The van der Waals surface area contributed by atoms with Crippen molar-refractivity contribution in [1.29, 1.82) is 0 Å². The molecule has 0 saturated heterocycles. The van der Waals surface area contributed by atoms with Gasteiger partial charge in [-0.1, -0.05) is 18.2 Å². The van der Waals surface area contributed by atoms with Crippen LogP contribution in [0.2, 0.25) is 0 Å². The molecule has 0 bridgehead atoms. The van der Waals surface area contributed by atoms with Gasteiger partial charge in [0.1, 0.15) is 5.75 Å². The van der Waals surface area contributed by atoms with Gasteiger partial charge in [-0.3, -0.25) is 4.79 Å². The maximum absolute atomic E-state index is 12.6. The highest BCUT2D eigenvalue weighted by Gasteiger charge is 2.18. The number of nitrogens with zero attached hydrogens (tertiary/aromatic N) is 1. The number of hydrogen-bond donors (Lipinski definition) is 0. The molecule has 1 amide bonds. The third-order valence-electron chi connectivity index (χ3n) is 3.35. The summed E-state index contributed by atoms with van der Waals surface area (Å²) in [5, 5.41) is 1.95. The van der Waals surface area contributed by atoms with Crippen LogP contribution in [0.1, 0.15) is 24.3 Å². The van der Waals surface area contributed by atoms with E-state index in [1.807, 2.05) is 37.4 Å². The van der Waals surface area contributed by atoms with Crippen LogP contribution in [-0.2, 0) is 27.9 Å². The largest absolute Gasteiger partial charge is 0.383 e. The molecule has 130 valence electrons. The Morgan fingerprint density at radius 2 is 2.00 bits per heavy atom. The SMILES string of the molecule is CC(C)N(Cc1cccc(OS(C)(=O)=O)c1)C(=O)Cc1cccs1. The fraction of sp³-hybridized carbons (Fsp3) is 0.353. The van der Waals surface area contributed by atoms with Gasteiger partial charge in [0.2, 0.25) is 5.91 Å². The molecular formula is C17H21NO4S2. The average molecular weight is 367 g/mol. The van der Waals surface area contributed by atoms with E-state index in [0.717, 1.165) is 16.7 Å². The lowest BCUT2D eigenvalue weighted by Gasteiger charge is -2.27. The predicted octanol–water partition coefficient (Wildman–Crippen LogP) is 3.07. The summed E-state index contributed by atoms with van der Waals surface area (Å²) in [4.78, 5) is 15.4. The molecule has 0 fully saturated rings. The van der Waals surface area contributed by atoms with Crippen LogP contribution in [0.4, 0.5) is 0 Å². The quantitative estimate of drug-likeness (QED) is 0.706. The highest BCUT2D eigenvalue weighted by molar-refractivity contribution is 7.86. The zero-order valence-electron chi connectivity index (χ0n) is 13.9. The summed E-state index contributed by atoms with van der Waals surface area (Å²) in [5.41, 5.74) is 0.823. The topological polar surface area (TPSA) is 63.7 Å². The molecule has 24 heavy (non-hydrogen) atoms. The highest BCUT2D eigenvalue weighted by Crippen LogP contribution is 2.19. The van der Waals surface area contributed by atoms with Gasteiger partial charge in [-0.05, 0) is 43.0 Å². The molecule has 0 aliphatic carbocycles. The van der Waals surface area contributed by atoms with Crippen molar-refractivity contribution in [2.24, 2.45) is 0 Å². The van der Waals surface area contributed by atoms with Gasteiger partial charge in [-0.25, -0.2) is 0 Å². The number of hydrogen-bond acceptors (Lipinski definition) is 5. The van der Waals surface area contributed by atoms with Crippen LogP contribution in [-0.4, -0.2) is 31.5 Å². The number of thiophene rings is 1. The summed E-state index contributed by atoms with van der Waals surface area (Å²) < 4.78 is 27.4. The number of amides is 1. The normalized spacial score (nSPS) is 11.5. The third kappa shape index (κ3) is 5.65. The molecule has 0 aliphatic heterocycles. The van der Waals surface area contributed by atoms with E-state index in [4.69, 9.17) is 4.18 Å². The first-order chi connectivity index (χ1) is 11.2. The standard InChI is InChI=1S/C17H21NO4S2/c1-13(2)18(17(19)11-16-8-5-9-23-16)12-14-6-4-7-15(10-14)22-24(3,20)21/h4-10,13H,11-12H2,1-3H3. The van der Waals surface area contributed by atoms with Crippen LogP contribution < -0.4 is 4.18 Å². The van der Waals surface area contributed by atoms with E-state index in [-0.39, 0.29) is 17.7 Å². The first-order valence-electron chi connectivity index (χ1n) is 7.55. The van der Waals surface area contributed by atoms with Crippen LogP contribution >= 0.6 is 11.3 Å². The molecule has 0 unspecified atom stereocenters. The molecule has 5 nitrogen and oxygen atoms in total. The maximum Gasteiger partial charge on any atom is 0.306 e. The van der Waals surface area contributed by atoms with Gasteiger partial charge in [-0.2, -0.15) is 8.42 Å². The maximum atomic E-state index is 12.6. The molecule has 7 heteroatoms. The highest BCUT2D eigenvalue weighted by atomic mass is 32.2. The summed E-state index contributed by atoms with van der Waals surface area (Å²) in [6.07, 6.45) is 1.38. The first-order valence-corrected chi connectivity index (χ1v) is 10.2. The van der Waals surface area contributed by atoms with Gasteiger partial charge in [-0.15, -0.1) is 11.3 Å². The molecule has 0 spiro atoms. The Balaban J connectivity index is 2.13. The van der Waals surface area contributed by atoms with E-state index in [1.165, 1.54) is 0 Å². The lowest BCUT2D eigenvalue weighted by molar-refractivity contribution is -0.132. The third-order valence-corrected chi connectivity index (χ3v) is 4.72. The van der Waals surface area contributed by atoms with Gasteiger partial charge in [0.25, 0.3) is 0 Å². The summed E-state index contributed by atoms with van der Waals surface area (Å²) in [5.74, 6) is 0.297. The molecule has 2 aromatic rings. The van der Waals surface area contributed by atoms with Gasteiger partial charge in [0, 0.05) is 17.5 Å². The average Bonchev–Trinajstić information content (AvgIpc) is 2.95. The number of carbonyl (C=O) groups is 1. The van der Waals surface area contributed by atoms with Crippen LogP contribution in [0.15, 0.2) is 41.8 Å². The summed E-state index contributed by atoms with van der Waals surface area (Å²) in [7, 11) is -3.57. The summed E-state index contributed by atoms with van der Waals surface area (Å²) in [6.45, 7) is 4.33. The molecule has 1 heterocycles. The summed E-state index contributed by atoms with van der Waals surface area (Å²) in [6, 6.07) is 10.7. The van der Waals surface area contributed by atoms with E-state index in [9.17, 15) is 13.2 Å². The minimum Gasteiger partial charge on any atom is -0.383 e. The van der Waals surface area contributed by atoms with Crippen molar-refractivity contribution in [3.05, 3.63) is 52.2 Å². The number of benzene rings is 1. The van der Waals surface area contributed by atoms with Crippen molar-refractivity contribution in [2.75, 3.05) is 6.26 Å². The van der Waals surface area contributed by atoms with Gasteiger partial charge >= 0.3 is 10.1 Å². The Bertz CT molecular complexity index is 783. The van der Waals surface area contributed by atoms with Crippen molar-refractivity contribution >= 4 is 27.4 Å². The van der Waals surface area contributed by atoms with Crippen molar-refractivity contribution in [3.8, 4) is 5.75 Å². The van der Waals surface area contributed by atoms with Crippen LogP contribution in [0.3, 0.4) is 0 Å². The second-order valence-electron chi connectivity index (χ2n) is 5.81. The summed E-state index contributed by atoms with van der Waals surface area (Å²) >= 11 is 1.56. The van der Waals surface area contributed by atoms with Gasteiger partial charge in [0.15, 0.2) is 0 Å². The first kappa shape index (κ1) is 18.5. The van der Waals surface area contributed by atoms with Gasteiger partial charge in [0.05, 0.1) is 12.7 Å². The number of carbonyl (C=O) groups excluding carboxylic acids is 1. The van der Waals surface area contributed by atoms with E-state index < -0.39 is 10.1 Å².